The monoisotopic (exact) mass is 338 g/mol. The summed E-state index contributed by atoms with van der Waals surface area (Å²) >= 11 is 3.41. The van der Waals surface area contributed by atoms with Crippen LogP contribution in [0, 0.1) is 12.7 Å². The van der Waals surface area contributed by atoms with E-state index < -0.39 is 0 Å². The zero-order valence-corrected chi connectivity index (χ0v) is 13.0. The van der Waals surface area contributed by atoms with Gasteiger partial charge in [0.1, 0.15) is 17.4 Å². The molecule has 1 heterocycles. The summed E-state index contributed by atoms with van der Waals surface area (Å²) in [6.07, 6.45) is 0.664. The molecule has 0 saturated heterocycles. The number of nitrogens with one attached hydrogen (secondary N) is 1. The Hall–Kier alpha value is -1.62. The molecule has 0 radical (unpaired) electrons. The van der Waals surface area contributed by atoms with Crippen molar-refractivity contribution in [2.24, 2.45) is 0 Å². The molecule has 1 N–H and O–H groups in total. The first-order valence-corrected chi connectivity index (χ1v) is 7.09. The number of nitrogens with zero attached hydrogens (tertiary/aromatic N) is 1. The Bertz CT molecular complexity index is 604. The topological polar surface area (TPSA) is 34.1 Å². The van der Waals surface area contributed by atoms with Gasteiger partial charge in [-0.25, -0.2) is 9.37 Å². The van der Waals surface area contributed by atoms with Crippen LogP contribution in [-0.4, -0.2) is 18.6 Å². The Morgan fingerprint density at radius 1 is 1.30 bits per heavy atom. The minimum absolute atomic E-state index is 0.251. The number of methoxy groups -OCH3 is 1. The Balaban J connectivity index is 1.99. The third-order valence-electron chi connectivity index (χ3n) is 2.96. The highest BCUT2D eigenvalue weighted by Gasteiger charge is 2.05. The minimum Gasteiger partial charge on any atom is -0.496 e. The normalized spacial score (nSPS) is 10.4. The Morgan fingerprint density at radius 3 is 2.80 bits per heavy atom. The van der Waals surface area contributed by atoms with Crippen molar-refractivity contribution < 1.29 is 9.13 Å². The van der Waals surface area contributed by atoms with Gasteiger partial charge in [0.25, 0.3) is 0 Å². The fraction of sp³-hybridized carbons (Fsp3) is 0.267. The van der Waals surface area contributed by atoms with Crippen molar-refractivity contribution in [3.05, 3.63) is 51.9 Å². The number of hydrogen-bond acceptors (Lipinski definition) is 3. The quantitative estimate of drug-likeness (QED) is 0.896. The lowest BCUT2D eigenvalue weighted by Crippen LogP contribution is -2.08. The summed E-state index contributed by atoms with van der Waals surface area (Å²) < 4.78 is 19.4. The van der Waals surface area contributed by atoms with Crippen LogP contribution in [0.2, 0.25) is 0 Å². The smallest absolute Gasteiger partial charge is 0.126 e. The van der Waals surface area contributed by atoms with Gasteiger partial charge in [-0.3, -0.25) is 0 Å². The van der Waals surface area contributed by atoms with Gasteiger partial charge in [0.2, 0.25) is 0 Å². The van der Waals surface area contributed by atoms with E-state index in [1.807, 2.05) is 19.1 Å². The number of anilines is 1. The molecule has 0 spiro atoms. The maximum atomic E-state index is 13.2. The number of benzene rings is 1. The largest absolute Gasteiger partial charge is 0.496 e. The predicted molar refractivity (Wildman–Crippen MR) is 81.8 cm³/mol. The molecule has 2 aromatic rings. The molecule has 5 heteroatoms. The number of aryl methyl sites for hydroxylation is 1. The summed E-state index contributed by atoms with van der Waals surface area (Å²) in [5.74, 6) is 1.26. The second kappa shape index (κ2) is 6.70. The number of rotatable bonds is 5. The molecule has 1 aromatic heterocycles. The summed E-state index contributed by atoms with van der Waals surface area (Å²) in [4.78, 5) is 4.40. The standard InChI is InChI=1S/C15H16BrFN2O/c1-10-13(16)4-6-15(19-10)18-8-7-11-9-12(17)3-5-14(11)20-2/h3-6,9H,7-8H2,1-2H3,(H,18,19). The van der Waals surface area contributed by atoms with Crippen LogP contribution in [-0.2, 0) is 6.42 Å². The van der Waals surface area contributed by atoms with Crippen LogP contribution in [0.4, 0.5) is 10.2 Å². The van der Waals surface area contributed by atoms with E-state index in [0.717, 1.165) is 21.5 Å². The maximum Gasteiger partial charge on any atom is 0.126 e. The fourth-order valence-electron chi connectivity index (χ4n) is 1.91. The highest BCUT2D eigenvalue weighted by Crippen LogP contribution is 2.20. The van der Waals surface area contributed by atoms with Gasteiger partial charge in [-0.2, -0.15) is 0 Å². The Morgan fingerprint density at radius 2 is 2.10 bits per heavy atom. The molecule has 0 fully saturated rings. The van der Waals surface area contributed by atoms with E-state index >= 15 is 0 Å². The van der Waals surface area contributed by atoms with E-state index in [1.165, 1.54) is 12.1 Å². The molecule has 0 atom stereocenters. The van der Waals surface area contributed by atoms with Crippen molar-refractivity contribution in [2.45, 2.75) is 13.3 Å². The van der Waals surface area contributed by atoms with Crippen molar-refractivity contribution >= 4 is 21.7 Å². The van der Waals surface area contributed by atoms with E-state index in [0.29, 0.717) is 18.7 Å². The van der Waals surface area contributed by atoms with Crippen molar-refractivity contribution in [3.63, 3.8) is 0 Å². The highest BCUT2D eigenvalue weighted by atomic mass is 79.9. The molecule has 0 unspecified atom stereocenters. The molecule has 0 amide bonds. The van der Waals surface area contributed by atoms with E-state index in [-0.39, 0.29) is 5.82 Å². The second-order valence-corrected chi connectivity index (χ2v) is 5.25. The van der Waals surface area contributed by atoms with Crippen molar-refractivity contribution in [1.82, 2.24) is 4.98 Å². The van der Waals surface area contributed by atoms with Gasteiger partial charge in [-0.05, 0) is 65.2 Å². The van der Waals surface area contributed by atoms with Crippen molar-refractivity contribution in [1.29, 1.82) is 0 Å². The SMILES string of the molecule is COc1ccc(F)cc1CCNc1ccc(Br)c(C)n1. The molecule has 0 aliphatic rings. The zero-order valence-electron chi connectivity index (χ0n) is 11.4. The average molecular weight is 339 g/mol. The van der Waals surface area contributed by atoms with Crippen LogP contribution in [0.15, 0.2) is 34.8 Å². The molecule has 3 nitrogen and oxygen atoms in total. The van der Waals surface area contributed by atoms with Gasteiger partial charge in [0.15, 0.2) is 0 Å². The second-order valence-electron chi connectivity index (χ2n) is 4.40. The molecule has 1 aromatic carbocycles. The third kappa shape index (κ3) is 3.70. The third-order valence-corrected chi connectivity index (χ3v) is 3.80. The summed E-state index contributed by atoms with van der Waals surface area (Å²) in [7, 11) is 1.59. The summed E-state index contributed by atoms with van der Waals surface area (Å²) in [5, 5.41) is 3.22. The van der Waals surface area contributed by atoms with Crippen LogP contribution >= 0.6 is 15.9 Å². The number of hydrogen-bond donors (Lipinski definition) is 1. The molecule has 106 valence electrons. The molecule has 0 aliphatic heterocycles. The summed E-state index contributed by atoms with van der Waals surface area (Å²) in [6, 6.07) is 8.40. The van der Waals surface area contributed by atoms with Crippen molar-refractivity contribution in [2.75, 3.05) is 19.0 Å². The lowest BCUT2D eigenvalue weighted by atomic mass is 10.1. The van der Waals surface area contributed by atoms with Crippen LogP contribution < -0.4 is 10.1 Å². The Kier molecular flexibility index (Phi) is 4.95. The van der Waals surface area contributed by atoms with E-state index in [9.17, 15) is 4.39 Å². The van der Waals surface area contributed by atoms with Gasteiger partial charge in [0, 0.05) is 11.0 Å². The van der Waals surface area contributed by atoms with E-state index in [1.54, 1.807) is 13.2 Å². The molecular formula is C15H16BrFN2O. The van der Waals surface area contributed by atoms with Crippen molar-refractivity contribution in [3.8, 4) is 5.75 Å². The average Bonchev–Trinajstić information content (AvgIpc) is 2.43. The van der Waals surface area contributed by atoms with Gasteiger partial charge >= 0.3 is 0 Å². The number of ether oxygens (including phenoxy) is 1. The van der Waals surface area contributed by atoms with Gasteiger partial charge in [-0.1, -0.05) is 0 Å². The summed E-state index contributed by atoms with van der Waals surface area (Å²) in [5.41, 5.74) is 1.77. The van der Waals surface area contributed by atoms with E-state index in [4.69, 9.17) is 4.74 Å². The van der Waals surface area contributed by atoms with Crippen LogP contribution in [0.5, 0.6) is 5.75 Å². The van der Waals surface area contributed by atoms with E-state index in [2.05, 4.69) is 26.2 Å². The number of aromatic nitrogens is 1. The summed E-state index contributed by atoms with van der Waals surface area (Å²) in [6.45, 7) is 2.60. The van der Waals surface area contributed by atoms with Crippen LogP contribution in [0.25, 0.3) is 0 Å². The molecule has 20 heavy (non-hydrogen) atoms. The molecule has 0 bridgehead atoms. The first-order chi connectivity index (χ1) is 9.60. The predicted octanol–water partition coefficient (Wildman–Crippen LogP) is 3.95. The van der Waals surface area contributed by atoms with Gasteiger partial charge in [0.05, 0.1) is 12.8 Å². The highest BCUT2D eigenvalue weighted by molar-refractivity contribution is 9.10. The first-order valence-electron chi connectivity index (χ1n) is 6.29. The zero-order chi connectivity index (χ0) is 14.5. The molecule has 0 saturated carbocycles. The minimum atomic E-state index is -0.251. The molecule has 2 rings (SSSR count). The lowest BCUT2D eigenvalue weighted by Gasteiger charge is -2.10. The van der Waals surface area contributed by atoms with Gasteiger partial charge in [-0.15, -0.1) is 0 Å². The molecule has 0 aliphatic carbocycles. The van der Waals surface area contributed by atoms with Crippen LogP contribution in [0.1, 0.15) is 11.3 Å². The first kappa shape index (κ1) is 14.8. The van der Waals surface area contributed by atoms with Gasteiger partial charge < -0.3 is 10.1 Å². The number of halogens is 2. The lowest BCUT2D eigenvalue weighted by molar-refractivity contribution is 0.408. The fourth-order valence-corrected chi connectivity index (χ4v) is 2.13. The number of pyridine rings is 1. The molecular weight excluding hydrogens is 323 g/mol. The Labute approximate surface area is 126 Å². The maximum absolute atomic E-state index is 13.2. The van der Waals surface area contributed by atoms with Crippen LogP contribution in [0.3, 0.4) is 0 Å².